The summed E-state index contributed by atoms with van der Waals surface area (Å²) in [7, 11) is 0. The van der Waals surface area contributed by atoms with Gasteiger partial charge in [-0.3, -0.25) is 4.90 Å². The monoisotopic (exact) mass is 263 g/mol. The summed E-state index contributed by atoms with van der Waals surface area (Å²) in [5, 5.41) is 0. The Balaban J connectivity index is 1.94. The minimum absolute atomic E-state index is 0.102. The van der Waals surface area contributed by atoms with E-state index in [-0.39, 0.29) is 5.54 Å². The molecule has 0 spiro atoms. The quantitative estimate of drug-likeness (QED) is 0.752. The highest BCUT2D eigenvalue weighted by Crippen LogP contribution is 2.33. The van der Waals surface area contributed by atoms with E-state index in [9.17, 15) is 0 Å². The molecule has 0 fully saturated rings. The molecule has 2 aromatic carbocycles. The minimum Gasteiger partial charge on any atom is -0.286 e. The van der Waals surface area contributed by atoms with Gasteiger partial charge in [0.25, 0.3) is 0 Å². The normalized spacial score (nSPS) is 18.1. The fraction of sp³-hybridized carbons (Fsp3) is 0.263. The molecular weight excluding hydrogens is 242 g/mol. The molecule has 2 aromatic rings. The van der Waals surface area contributed by atoms with E-state index in [1.54, 1.807) is 0 Å². The van der Waals surface area contributed by atoms with Crippen LogP contribution in [0.15, 0.2) is 67.3 Å². The molecule has 1 unspecified atom stereocenters. The zero-order valence-corrected chi connectivity index (χ0v) is 12.0. The van der Waals surface area contributed by atoms with Gasteiger partial charge < -0.3 is 0 Å². The lowest BCUT2D eigenvalue weighted by atomic mass is 9.87. The number of benzene rings is 2. The van der Waals surface area contributed by atoms with E-state index >= 15 is 0 Å². The Labute approximate surface area is 121 Å². The standard InChI is InChI=1S/C19H21N/c1-3-19(2,18-11-5-4-6-12-18)20-14-13-16-9-7-8-10-17(16)15-20/h3-12H,1,13-15H2,2H3. The molecule has 0 aliphatic carbocycles. The number of hydrogen-bond donors (Lipinski definition) is 0. The Morgan fingerprint density at radius 2 is 1.65 bits per heavy atom. The number of rotatable bonds is 3. The highest BCUT2D eigenvalue weighted by Gasteiger charge is 2.32. The zero-order chi connectivity index (χ0) is 14.0. The summed E-state index contributed by atoms with van der Waals surface area (Å²) in [4.78, 5) is 2.53. The third-order valence-corrected chi connectivity index (χ3v) is 4.54. The van der Waals surface area contributed by atoms with Crippen LogP contribution >= 0.6 is 0 Å². The fourth-order valence-corrected chi connectivity index (χ4v) is 3.10. The molecular formula is C19H21N. The van der Waals surface area contributed by atoms with Crippen LogP contribution in [0.3, 0.4) is 0 Å². The Morgan fingerprint density at radius 3 is 2.35 bits per heavy atom. The number of hydrogen-bond acceptors (Lipinski definition) is 1. The predicted octanol–water partition coefficient (Wildman–Crippen LogP) is 4.15. The lowest BCUT2D eigenvalue weighted by Crippen LogP contribution is -2.45. The molecule has 102 valence electrons. The molecule has 0 bridgehead atoms. The SMILES string of the molecule is C=CC(C)(c1ccccc1)N1CCc2ccccc2C1. The van der Waals surface area contributed by atoms with Crippen LogP contribution in [0.25, 0.3) is 0 Å². The molecule has 0 aromatic heterocycles. The van der Waals surface area contributed by atoms with Gasteiger partial charge in [0, 0.05) is 13.1 Å². The van der Waals surface area contributed by atoms with Crippen molar-refractivity contribution in [2.45, 2.75) is 25.4 Å². The summed E-state index contributed by atoms with van der Waals surface area (Å²) >= 11 is 0. The molecule has 1 nitrogen and oxygen atoms in total. The first-order valence-corrected chi connectivity index (χ1v) is 7.25. The average molecular weight is 263 g/mol. The van der Waals surface area contributed by atoms with E-state index < -0.39 is 0 Å². The highest BCUT2D eigenvalue weighted by molar-refractivity contribution is 5.33. The second-order valence-corrected chi connectivity index (χ2v) is 5.66. The molecule has 20 heavy (non-hydrogen) atoms. The first-order valence-electron chi connectivity index (χ1n) is 7.25. The molecule has 1 heteroatoms. The summed E-state index contributed by atoms with van der Waals surface area (Å²) in [6, 6.07) is 19.4. The molecule has 3 rings (SSSR count). The third-order valence-electron chi connectivity index (χ3n) is 4.54. The van der Waals surface area contributed by atoms with Gasteiger partial charge in [-0.1, -0.05) is 60.7 Å². The van der Waals surface area contributed by atoms with E-state index in [4.69, 9.17) is 0 Å². The summed E-state index contributed by atoms with van der Waals surface area (Å²) in [6.07, 6.45) is 3.20. The maximum atomic E-state index is 4.10. The first-order chi connectivity index (χ1) is 9.74. The van der Waals surface area contributed by atoms with E-state index in [1.165, 1.54) is 16.7 Å². The van der Waals surface area contributed by atoms with Crippen LogP contribution in [0.2, 0.25) is 0 Å². The van der Waals surface area contributed by atoms with Gasteiger partial charge in [-0.2, -0.15) is 0 Å². The van der Waals surface area contributed by atoms with Crippen molar-refractivity contribution in [1.82, 2.24) is 4.90 Å². The van der Waals surface area contributed by atoms with E-state index in [2.05, 4.69) is 79.1 Å². The lowest BCUT2D eigenvalue weighted by Gasteiger charge is -2.42. The summed E-state index contributed by atoms with van der Waals surface area (Å²) in [6.45, 7) is 8.44. The van der Waals surface area contributed by atoms with Crippen LogP contribution in [0.5, 0.6) is 0 Å². The van der Waals surface area contributed by atoms with E-state index in [1.807, 2.05) is 0 Å². The Morgan fingerprint density at radius 1 is 1.00 bits per heavy atom. The smallest absolute Gasteiger partial charge is 0.0617 e. The van der Waals surface area contributed by atoms with Crippen LogP contribution < -0.4 is 0 Å². The summed E-state index contributed by atoms with van der Waals surface area (Å²) in [5.74, 6) is 0. The van der Waals surface area contributed by atoms with Crippen LogP contribution in [0.1, 0.15) is 23.6 Å². The second-order valence-electron chi connectivity index (χ2n) is 5.66. The first kappa shape index (κ1) is 13.1. The van der Waals surface area contributed by atoms with Gasteiger partial charge in [0.1, 0.15) is 0 Å². The number of fused-ring (bicyclic) bond motifs is 1. The lowest BCUT2D eigenvalue weighted by molar-refractivity contribution is 0.129. The predicted molar refractivity (Wildman–Crippen MR) is 84.5 cm³/mol. The van der Waals surface area contributed by atoms with Crippen molar-refractivity contribution < 1.29 is 0 Å². The van der Waals surface area contributed by atoms with Crippen LogP contribution in [0, 0.1) is 0 Å². The van der Waals surface area contributed by atoms with Crippen molar-refractivity contribution in [3.8, 4) is 0 Å². The molecule has 1 aliphatic rings. The third kappa shape index (κ3) is 2.19. The van der Waals surface area contributed by atoms with Crippen LogP contribution in [0.4, 0.5) is 0 Å². The average Bonchev–Trinajstić information content (AvgIpc) is 2.54. The molecule has 1 heterocycles. The van der Waals surface area contributed by atoms with Crippen LogP contribution in [-0.4, -0.2) is 11.4 Å². The second kappa shape index (κ2) is 5.26. The van der Waals surface area contributed by atoms with Gasteiger partial charge >= 0.3 is 0 Å². The van der Waals surface area contributed by atoms with Gasteiger partial charge in [0.15, 0.2) is 0 Å². The van der Waals surface area contributed by atoms with Gasteiger partial charge in [0.05, 0.1) is 5.54 Å². The Bertz CT molecular complexity index is 602. The molecule has 0 saturated heterocycles. The number of nitrogens with zero attached hydrogens (tertiary/aromatic N) is 1. The van der Waals surface area contributed by atoms with Gasteiger partial charge in [0.2, 0.25) is 0 Å². The van der Waals surface area contributed by atoms with Crippen molar-refractivity contribution in [3.63, 3.8) is 0 Å². The van der Waals surface area contributed by atoms with E-state index in [0.29, 0.717) is 0 Å². The zero-order valence-electron chi connectivity index (χ0n) is 12.0. The molecule has 0 radical (unpaired) electrons. The largest absolute Gasteiger partial charge is 0.286 e. The highest BCUT2D eigenvalue weighted by atomic mass is 15.2. The summed E-state index contributed by atoms with van der Waals surface area (Å²) < 4.78 is 0. The van der Waals surface area contributed by atoms with Crippen molar-refractivity contribution in [2.24, 2.45) is 0 Å². The van der Waals surface area contributed by atoms with Crippen molar-refractivity contribution >= 4 is 0 Å². The van der Waals surface area contributed by atoms with Crippen molar-refractivity contribution in [3.05, 3.63) is 83.9 Å². The van der Waals surface area contributed by atoms with Crippen molar-refractivity contribution in [1.29, 1.82) is 0 Å². The fourth-order valence-electron chi connectivity index (χ4n) is 3.10. The minimum atomic E-state index is -0.102. The van der Waals surface area contributed by atoms with Gasteiger partial charge in [-0.25, -0.2) is 0 Å². The van der Waals surface area contributed by atoms with Gasteiger partial charge in [-0.05, 0) is 30.0 Å². The molecule has 0 N–H and O–H groups in total. The van der Waals surface area contributed by atoms with Gasteiger partial charge in [-0.15, -0.1) is 6.58 Å². The maximum Gasteiger partial charge on any atom is 0.0617 e. The molecule has 1 aliphatic heterocycles. The topological polar surface area (TPSA) is 3.24 Å². The summed E-state index contributed by atoms with van der Waals surface area (Å²) in [5.41, 5.74) is 4.15. The molecule has 0 amide bonds. The maximum absolute atomic E-state index is 4.10. The van der Waals surface area contributed by atoms with Crippen molar-refractivity contribution in [2.75, 3.05) is 6.54 Å². The van der Waals surface area contributed by atoms with E-state index in [0.717, 1.165) is 19.5 Å². The molecule has 1 atom stereocenters. The Hall–Kier alpha value is -1.86. The Kier molecular flexibility index (Phi) is 3.45. The van der Waals surface area contributed by atoms with Crippen LogP contribution in [-0.2, 0) is 18.5 Å². The molecule has 0 saturated carbocycles.